The third-order valence-electron chi connectivity index (χ3n) is 5.51. The van der Waals surface area contributed by atoms with Crippen LogP contribution in [0.3, 0.4) is 0 Å². The highest BCUT2D eigenvalue weighted by Gasteiger charge is 2.28. The first-order chi connectivity index (χ1) is 14.9. The summed E-state index contributed by atoms with van der Waals surface area (Å²) in [6.07, 6.45) is 4.22. The number of carbonyl (C=O) groups excluding carboxylic acids is 1. The van der Waals surface area contributed by atoms with Crippen molar-refractivity contribution in [2.45, 2.75) is 50.5 Å². The van der Waals surface area contributed by atoms with Crippen LogP contribution in [0.2, 0.25) is 0 Å². The van der Waals surface area contributed by atoms with Crippen molar-refractivity contribution in [1.29, 1.82) is 0 Å². The molecule has 0 aliphatic carbocycles. The standard InChI is InChI=1S/C22H26N4O4S/c1-15(2)20-18-12-17(14-24-22(18)30-25-20)21(27)23-13-16-8-4-5-9-19(16)31(28,29)26-10-6-3-7-11-26/h4-5,8-9,12,14-15H,3,6-7,10-11,13H2,1-2H3,(H,23,27). The first-order valence-electron chi connectivity index (χ1n) is 10.5. The number of piperidine rings is 1. The summed E-state index contributed by atoms with van der Waals surface area (Å²) in [5.74, 6) is -0.205. The molecule has 3 aromatic rings. The third-order valence-corrected chi connectivity index (χ3v) is 7.51. The Morgan fingerprint density at radius 2 is 1.94 bits per heavy atom. The maximum atomic E-state index is 13.1. The Labute approximate surface area is 181 Å². The number of fused-ring (bicyclic) bond motifs is 1. The molecule has 1 aromatic carbocycles. The Balaban J connectivity index is 1.54. The van der Waals surface area contributed by atoms with Crippen molar-refractivity contribution in [2.24, 2.45) is 0 Å². The number of pyridine rings is 1. The van der Waals surface area contributed by atoms with Gasteiger partial charge in [0.1, 0.15) is 0 Å². The van der Waals surface area contributed by atoms with E-state index >= 15 is 0 Å². The van der Waals surface area contributed by atoms with E-state index in [1.54, 1.807) is 30.3 Å². The summed E-state index contributed by atoms with van der Waals surface area (Å²) in [5.41, 5.74) is 2.06. The van der Waals surface area contributed by atoms with Gasteiger partial charge in [0, 0.05) is 25.8 Å². The quantitative estimate of drug-likeness (QED) is 0.627. The molecule has 0 spiro atoms. The van der Waals surface area contributed by atoms with Gasteiger partial charge in [-0.1, -0.05) is 43.6 Å². The van der Waals surface area contributed by atoms with E-state index in [9.17, 15) is 13.2 Å². The molecule has 1 fully saturated rings. The molecule has 164 valence electrons. The van der Waals surface area contributed by atoms with Gasteiger partial charge in [-0.05, 0) is 36.5 Å². The van der Waals surface area contributed by atoms with E-state index in [4.69, 9.17) is 4.52 Å². The zero-order valence-corrected chi connectivity index (χ0v) is 18.5. The molecule has 0 bridgehead atoms. The molecule has 0 atom stereocenters. The number of amides is 1. The number of aromatic nitrogens is 2. The number of nitrogens with zero attached hydrogens (tertiary/aromatic N) is 3. The second-order valence-corrected chi connectivity index (χ2v) is 9.96. The fraction of sp³-hybridized carbons (Fsp3) is 0.409. The molecule has 1 aliphatic heterocycles. The second kappa shape index (κ2) is 8.76. The minimum Gasteiger partial charge on any atom is -0.348 e. The molecular weight excluding hydrogens is 416 g/mol. The van der Waals surface area contributed by atoms with Gasteiger partial charge in [-0.2, -0.15) is 4.31 Å². The molecular formula is C22H26N4O4S. The van der Waals surface area contributed by atoms with Crippen LogP contribution in [0, 0.1) is 0 Å². The fourth-order valence-electron chi connectivity index (χ4n) is 3.81. The number of rotatable bonds is 6. The highest BCUT2D eigenvalue weighted by molar-refractivity contribution is 7.89. The van der Waals surface area contributed by atoms with Crippen molar-refractivity contribution in [3.8, 4) is 0 Å². The molecule has 2 aromatic heterocycles. The van der Waals surface area contributed by atoms with Crippen molar-refractivity contribution in [3.05, 3.63) is 53.3 Å². The van der Waals surface area contributed by atoms with Gasteiger partial charge in [-0.3, -0.25) is 4.79 Å². The Hall–Kier alpha value is -2.78. The summed E-state index contributed by atoms with van der Waals surface area (Å²) in [7, 11) is -3.59. The van der Waals surface area contributed by atoms with Crippen molar-refractivity contribution >= 4 is 27.0 Å². The van der Waals surface area contributed by atoms with Crippen molar-refractivity contribution in [3.63, 3.8) is 0 Å². The zero-order valence-electron chi connectivity index (χ0n) is 17.7. The predicted octanol–water partition coefficient (Wildman–Crippen LogP) is 3.45. The lowest BCUT2D eigenvalue weighted by atomic mass is 10.1. The maximum absolute atomic E-state index is 13.1. The average Bonchev–Trinajstić information content (AvgIpc) is 3.22. The van der Waals surface area contributed by atoms with Gasteiger partial charge in [-0.25, -0.2) is 13.4 Å². The Bertz CT molecular complexity index is 1200. The van der Waals surface area contributed by atoms with Crippen molar-refractivity contribution in [1.82, 2.24) is 19.8 Å². The van der Waals surface area contributed by atoms with Crippen LogP contribution in [0.4, 0.5) is 0 Å². The van der Waals surface area contributed by atoms with Crippen LogP contribution >= 0.6 is 0 Å². The molecule has 1 aliphatic rings. The second-order valence-electron chi connectivity index (χ2n) is 8.05. The zero-order chi connectivity index (χ0) is 22.0. The van der Waals surface area contributed by atoms with E-state index < -0.39 is 10.0 Å². The van der Waals surface area contributed by atoms with Gasteiger partial charge in [-0.15, -0.1) is 0 Å². The van der Waals surface area contributed by atoms with Crippen molar-refractivity contribution < 1.29 is 17.7 Å². The maximum Gasteiger partial charge on any atom is 0.257 e. The molecule has 0 unspecified atom stereocenters. The first-order valence-corrected chi connectivity index (χ1v) is 11.9. The Morgan fingerprint density at radius 1 is 1.19 bits per heavy atom. The molecule has 31 heavy (non-hydrogen) atoms. The number of hydrogen-bond donors (Lipinski definition) is 1. The number of benzene rings is 1. The van der Waals surface area contributed by atoms with Crippen LogP contribution in [0.1, 0.15) is 60.6 Å². The van der Waals surface area contributed by atoms with Gasteiger partial charge >= 0.3 is 0 Å². The summed E-state index contributed by atoms with van der Waals surface area (Å²) < 4.78 is 33.0. The molecule has 8 nitrogen and oxygen atoms in total. The lowest BCUT2D eigenvalue weighted by Crippen LogP contribution is -2.36. The number of sulfonamides is 1. The minimum absolute atomic E-state index is 0.0980. The SMILES string of the molecule is CC(C)c1noc2ncc(C(=O)NCc3ccccc3S(=O)(=O)N3CCCCC3)cc12. The Morgan fingerprint density at radius 3 is 2.68 bits per heavy atom. The topological polar surface area (TPSA) is 105 Å². The molecule has 4 rings (SSSR count). The van der Waals surface area contributed by atoms with Crippen LogP contribution in [-0.4, -0.2) is 41.9 Å². The van der Waals surface area contributed by atoms with Crippen LogP contribution in [0.25, 0.3) is 11.1 Å². The fourth-order valence-corrected chi connectivity index (χ4v) is 5.55. The first kappa shape index (κ1) is 21.5. The molecule has 1 N–H and O–H groups in total. The van der Waals surface area contributed by atoms with Crippen molar-refractivity contribution in [2.75, 3.05) is 13.1 Å². The van der Waals surface area contributed by atoms with Gasteiger partial charge < -0.3 is 9.84 Å². The van der Waals surface area contributed by atoms with E-state index in [1.807, 2.05) is 13.8 Å². The summed E-state index contributed by atoms with van der Waals surface area (Å²) >= 11 is 0. The van der Waals surface area contributed by atoms with E-state index in [-0.39, 0.29) is 23.3 Å². The highest BCUT2D eigenvalue weighted by atomic mass is 32.2. The molecule has 3 heterocycles. The highest BCUT2D eigenvalue weighted by Crippen LogP contribution is 2.25. The van der Waals surface area contributed by atoms with Crippen LogP contribution in [-0.2, 0) is 16.6 Å². The molecule has 1 amide bonds. The predicted molar refractivity (Wildman–Crippen MR) is 116 cm³/mol. The van der Waals surface area contributed by atoms with E-state index in [0.29, 0.717) is 35.3 Å². The van der Waals surface area contributed by atoms with Gasteiger partial charge in [0.25, 0.3) is 11.6 Å². The number of carbonyl (C=O) groups is 1. The largest absolute Gasteiger partial charge is 0.348 e. The lowest BCUT2D eigenvalue weighted by Gasteiger charge is -2.26. The van der Waals surface area contributed by atoms with Gasteiger partial charge in [0.2, 0.25) is 10.0 Å². The number of nitrogens with one attached hydrogen (secondary N) is 1. The third kappa shape index (κ3) is 4.33. The van der Waals surface area contributed by atoms with Crippen LogP contribution in [0.5, 0.6) is 0 Å². The smallest absolute Gasteiger partial charge is 0.257 e. The number of hydrogen-bond acceptors (Lipinski definition) is 6. The van der Waals surface area contributed by atoms with Gasteiger partial charge in [0.15, 0.2) is 0 Å². The average molecular weight is 443 g/mol. The van der Waals surface area contributed by atoms with Crippen LogP contribution < -0.4 is 5.32 Å². The Kier molecular flexibility index (Phi) is 6.06. The molecule has 0 saturated carbocycles. The molecule has 0 radical (unpaired) electrons. The van der Waals surface area contributed by atoms with E-state index in [1.165, 1.54) is 10.5 Å². The van der Waals surface area contributed by atoms with Gasteiger partial charge in [0.05, 0.1) is 21.5 Å². The summed E-state index contributed by atoms with van der Waals surface area (Å²) in [5, 5.41) is 7.56. The van der Waals surface area contributed by atoms with E-state index in [0.717, 1.165) is 25.0 Å². The van der Waals surface area contributed by atoms with Crippen LogP contribution in [0.15, 0.2) is 45.9 Å². The molecule has 9 heteroatoms. The monoisotopic (exact) mass is 442 g/mol. The lowest BCUT2D eigenvalue weighted by molar-refractivity contribution is 0.0950. The molecule has 1 saturated heterocycles. The normalized spacial score (nSPS) is 15.5. The summed E-state index contributed by atoms with van der Waals surface area (Å²) in [6, 6.07) is 8.52. The summed E-state index contributed by atoms with van der Waals surface area (Å²) in [6.45, 7) is 5.14. The summed E-state index contributed by atoms with van der Waals surface area (Å²) in [4.78, 5) is 17.2. The van der Waals surface area contributed by atoms with E-state index in [2.05, 4.69) is 15.5 Å². The minimum atomic E-state index is -3.59.